The van der Waals surface area contributed by atoms with Crippen LogP contribution in [-0.2, 0) is 48.6 Å². The molecule has 284 valence electrons. The summed E-state index contributed by atoms with van der Waals surface area (Å²) in [6.07, 6.45) is 8.00. The van der Waals surface area contributed by atoms with Gasteiger partial charge in [-0.2, -0.15) is 0 Å². The zero-order chi connectivity index (χ0) is 38.3. The molecule has 0 aromatic heterocycles. The first-order valence-electron chi connectivity index (χ1n) is 19.9. The molecular weight excluding hydrogens is 721 g/mol. The van der Waals surface area contributed by atoms with Gasteiger partial charge in [0.1, 0.15) is 0 Å². The summed E-state index contributed by atoms with van der Waals surface area (Å²) >= 11 is -0.339. The third-order valence-corrected chi connectivity index (χ3v) is 28.1. The molecule has 6 rings (SSSR count). The molecule has 2 unspecified atom stereocenters. The first kappa shape index (κ1) is 40.6. The Kier molecular flexibility index (Phi) is 12.1. The van der Waals surface area contributed by atoms with Crippen molar-refractivity contribution in [1.29, 1.82) is 0 Å². The van der Waals surface area contributed by atoms with Crippen molar-refractivity contribution in [2.24, 2.45) is 0 Å². The molecule has 4 aromatic rings. The molecular formula is C48H64O2S2Ti. The second-order valence-electron chi connectivity index (χ2n) is 18.8. The van der Waals surface area contributed by atoms with Crippen LogP contribution in [0.4, 0.5) is 0 Å². The van der Waals surface area contributed by atoms with Crippen molar-refractivity contribution in [2.75, 3.05) is 0 Å². The first-order valence-corrected chi connectivity index (χ1v) is 26.6. The van der Waals surface area contributed by atoms with Gasteiger partial charge < -0.3 is 0 Å². The van der Waals surface area contributed by atoms with Crippen molar-refractivity contribution in [3.63, 3.8) is 0 Å². The fourth-order valence-corrected chi connectivity index (χ4v) is 29.2. The Hall–Kier alpha value is -2.11. The molecule has 4 aromatic carbocycles. The molecule has 0 spiro atoms. The molecule has 53 heavy (non-hydrogen) atoms. The van der Waals surface area contributed by atoms with Gasteiger partial charge in [-0.3, -0.25) is 0 Å². The van der Waals surface area contributed by atoms with Gasteiger partial charge in [0.15, 0.2) is 0 Å². The predicted octanol–water partition coefficient (Wildman–Crippen LogP) is 13.6. The maximum atomic E-state index is 12.3. The monoisotopic (exact) mass is 784 g/mol. The van der Waals surface area contributed by atoms with E-state index in [9.17, 15) is 10.2 Å². The van der Waals surface area contributed by atoms with Gasteiger partial charge in [-0.15, -0.1) is 0 Å². The standard InChI is InChI=1S/C48H64O2S2.Ti/c1-45(2,3)37-27-33(43(49)39(29-37)47(7,8)35-21-15-13-16-22-35)31-51-41-25-19-11-12-20-26-42(41)52-32-34-28-38(46(4,5)6)30-40(44(34)50)48(9,10)36-23-17-14-18-24-36;/h13-18,21-24,27-30,41-42,49-50H,11-12,19-20,25-26,31-32H2,1-10H3;/t41-,42-;/m0./s1. The van der Waals surface area contributed by atoms with E-state index in [-0.39, 0.29) is 53.0 Å². The summed E-state index contributed by atoms with van der Waals surface area (Å²) in [7, 11) is 0.545. The fraction of sp³-hybridized carbons (Fsp3) is 0.500. The number of fused-ring (bicyclic) bond motifs is 1. The van der Waals surface area contributed by atoms with Crippen LogP contribution in [0.2, 0.25) is 0 Å². The summed E-state index contributed by atoms with van der Waals surface area (Å²) in [6, 6.07) is 30.7. The molecule has 2 aliphatic rings. The average Bonchev–Trinajstić information content (AvgIpc) is 3.39. The number of rotatable bonds is 8. The van der Waals surface area contributed by atoms with Crippen molar-refractivity contribution in [3.8, 4) is 11.5 Å². The van der Waals surface area contributed by atoms with Crippen molar-refractivity contribution in [2.45, 2.75) is 151 Å². The topological polar surface area (TPSA) is 40.5 Å². The summed E-state index contributed by atoms with van der Waals surface area (Å²) in [5.74, 6) is 3.03. The molecule has 0 radical (unpaired) electrons. The molecule has 1 fully saturated rings. The van der Waals surface area contributed by atoms with E-state index in [0.29, 0.717) is 11.5 Å². The van der Waals surface area contributed by atoms with Crippen LogP contribution in [0.25, 0.3) is 0 Å². The van der Waals surface area contributed by atoms with Gasteiger partial charge in [-0.25, -0.2) is 0 Å². The van der Waals surface area contributed by atoms with E-state index in [1.54, 1.807) is 0 Å². The number of benzene rings is 4. The van der Waals surface area contributed by atoms with Crippen LogP contribution in [0.5, 0.6) is 11.5 Å². The van der Waals surface area contributed by atoms with Crippen molar-refractivity contribution in [3.05, 3.63) is 129 Å². The van der Waals surface area contributed by atoms with Gasteiger partial charge in [-0.05, 0) is 0 Å². The number of hydrogen-bond acceptors (Lipinski definition) is 2. The van der Waals surface area contributed by atoms with Crippen LogP contribution in [0.15, 0.2) is 84.9 Å². The Morgan fingerprint density at radius 1 is 0.509 bits per heavy atom. The van der Waals surface area contributed by atoms with Crippen LogP contribution in [0.1, 0.15) is 152 Å². The van der Waals surface area contributed by atoms with E-state index < -0.39 is 0 Å². The Morgan fingerprint density at radius 3 is 1.21 bits per heavy atom. The minimum atomic E-state index is -0.339. The molecule has 2 nitrogen and oxygen atoms in total. The van der Waals surface area contributed by atoms with Crippen molar-refractivity contribution in [1.82, 2.24) is 0 Å². The maximum absolute atomic E-state index is 12.3. The van der Waals surface area contributed by atoms with Crippen molar-refractivity contribution >= 4 is 15.9 Å². The van der Waals surface area contributed by atoms with Crippen LogP contribution in [0.3, 0.4) is 0 Å². The molecule has 1 heterocycles. The SMILES string of the molecule is CC(C)(C)c1cc(C[S]2=[Ti]=[S](Cc3cc(C(C)(C)C)cc(C(C)(C)c4ccccc4)c3O)[C@H]3CCCCCC[C@@H]32)c(O)c(C(C)(C)c2ccccc2)c1. The van der Waals surface area contributed by atoms with Gasteiger partial charge in [0.2, 0.25) is 0 Å². The number of hydrogen-bond donors (Lipinski definition) is 2. The van der Waals surface area contributed by atoms with Gasteiger partial charge in [0.05, 0.1) is 0 Å². The van der Waals surface area contributed by atoms with Crippen LogP contribution >= 0.6 is 15.9 Å². The predicted molar refractivity (Wildman–Crippen MR) is 229 cm³/mol. The van der Waals surface area contributed by atoms with Gasteiger partial charge in [0, 0.05) is 0 Å². The summed E-state index contributed by atoms with van der Waals surface area (Å²) in [6.45, 7) is 22.9. The molecule has 0 bridgehead atoms. The summed E-state index contributed by atoms with van der Waals surface area (Å²) in [5, 5.41) is 26.0. The van der Waals surface area contributed by atoms with E-state index in [1.165, 1.54) is 71.9 Å². The van der Waals surface area contributed by atoms with Gasteiger partial charge in [-0.1, -0.05) is 0 Å². The van der Waals surface area contributed by atoms with Crippen LogP contribution < -0.4 is 0 Å². The second-order valence-corrected chi connectivity index (χ2v) is 30.3. The van der Waals surface area contributed by atoms with Gasteiger partial charge in [0.25, 0.3) is 0 Å². The molecule has 0 amide bonds. The molecule has 1 aliphatic heterocycles. The van der Waals surface area contributed by atoms with E-state index in [0.717, 1.165) is 33.1 Å². The Bertz CT molecular complexity index is 1870. The third-order valence-electron chi connectivity index (χ3n) is 12.2. The normalized spacial score (nSPS) is 21.2. The molecule has 0 saturated heterocycles. The zero-order valence-electron chi connectivity index (χ0n) is 34.1. The summed E-state index contributed by atoms with van der Waals surface area (Å²) < 4.78 is 0. The quantitative estimate of drug-likeness (QED) is 0.175. The summed E-state index contributed by atoms with van der Waals surface area (Å²) in [5.41, 5.74) is 8.87. The first-order chi connectivity index (χ1) is 24.9. The van der Waals surface area contributed by atoms with Gasteiger partial charge >= 0.3 is 334 Å². The van der Waals surface area contributed by atoms with Crippen molar-refractivity contribution < 1.29 is 25.7 Å². The molecule has 4 atom stereocenters. The van der Waals surface area contributed by atoms with Crippen LogP contribution in [0, 0.1) is 0 Å². The zero-order valence-corrected chi connectivity index (χ0v) is 37.3. The molecule has 5 heteroatoms. The molecule has 1 saturated carbocycles. The fourth-order valence-electron chi connectivity index (χ4n) is 8.39. The number of phenolic OH excluding ortho intramolecular Hbond substituents is 2. The average molecular weight is 785 g/mol. The Balaban J connectivity index is 1.48. The second kappa shape index (κ2) is 15.8. The Labute approximate surface area is 331 Å². The van der Waals surface area contributed by atoms with E-state index in [2.05, 4.69) is 154 Å². The molecule has 2 N–H and O–H groups in total. The van der Waals surface area contributed by atoms with E-state index in [4.69, 9.17) is 0 Å². The number of phenols is 2. The van der Waals surface area contributed by atoms with E-state index >= 15 is 0 Å². The third kappa shape index (κ3) is 8.67. The number of aromatic hydroxyl groups is 2. The van der Waals surface area contributed by atoms with E-state index in [1.807, 2.05) is 0 Å². The molecule has 1 aliphatic carbocycles. The minimum absolute atomic E-state index is 0.0209. The Morgan fingerprint density at radius 2 is 0.868 bits per heavy atom. The van der Waals surface area contributed by atoms with Crippen LogP contribution in [-0.4, -0.2) is 20.7 Å². The summed E-state index contributed by atoms with van der Waals surface area (Å²) in [4.78, 5) is 0.